The zero-order chi connectivity index (χ0) is 51.4. The number of carbonyl (C=O) groups is 2. The van der Waals surface area contributed by atoms with Crippen molar-refractivity contribution in [3.63, 3.8) is 0 Å². The standard InChI is InChI=1S/C65H123NO5/c1-3-5-7-9-11-13-14-15-16-17-30-33-36-39-43-47-51-55-59-65(70)71-60-56-52-48-44-40-37-34-31-28-26-24-22-20-18-19-21-23-25-27-29-32-35-38-42-46-50-54-58-64(69)66-62(61-67)63(68)57-53-49-45-41-12-10-8-6-4-2/h13-14,16-19,62-63,67-68H,3-12,15,20-61H2,1-2H3,(H,66,69)/b14-13-,17-16-,19-18-. The maximum atomic E-state index is 12.4. The van der Waals surface area contributed by atoms with Crippen LogP contribution in [-0.4, -0.2) is 47.4 Å². The number of hydrogen-bond acceptors (Lipinski definition) is 5. The van der Waals surface area contributed by atoms with E-state index in [1.807, 2.05) is 0 Å². The average Bonchev–Trinajstić information content (AvgIpc) is 3.37. The molecule has 0 spiro atoms. The quantitative estimate of drug-likeness (QED) is 0.0321. The molecule has 1 amide bonds. The van der Waals surface area contributed by atoms with Gasteiger partial charge >= 0.3 is 5.97 Å². The topological polar surface area (TPSA) is 95.9 Å². The summed E-state index contributed by atoms with van der Waals surface area (Å²) < 4.78 is 5.49. The van der Waals surface area contributed by atoms with Crippen LogP contribution in [0.1, 0.15) is 341 Å². The molecule has 0 aliphatic heterocycles. The molecule has 2 unspecified atom stereocenters. The number of unbranched alkanes of at least 4 members (excludes halogenated alkanes) is 42. The summed E-state index contributed by atoms with van der Waals surface area (Å²) >= 11 is 0. The molecule has 2 atom stereocenters. The molecule has 0 aliphatic rings. The summed E-state index contributed by atoms with van der Waals surface area (Å²) in [6, 6.07) is -0.540. The molecule has 418 valence electrons. The summed E-state index contributed by atoms with van der Waals surface area (Å²) in [6.07, 6.45) is 76.0. The van der Waals surface area contributed by atoms with E-state index in [-0.39, 0.29) is 18.5 Å². The minimum atomic E-state index is -0.662. The van der Waals surface area contributed by atoms with E-state index in [0.717, 1.165) is 51.4 Å². The summed E-state index contributed by atoms with van der Waals surface area (Å²) in [6.45, 7) is 4.92. The van der Waals surface area contributed by atoms with Gasteiger partial charge in [0.2, 0.25) is 5.91 Å². The Morgan fingerprint density at radius 1 is 0.394 bits per heavy atom. The molecule has 0 aromatic heterocycles. The van der Waals surface area contributed by atoms with Gasteiger partial charge in [-0.15, -0.1) is 0 Å². The van der Waals surface area contributed by atoms with Crippen LogP contribution in [0.5, 0.6) is 0 Å². The minimum absolute atomic E-state index is 0.00771. The van der Waals surface area contributed by atoms with Gasteiger partial charge in [0, 0.05) is 12.8 Å². The fraction of sp³-hybridized carbons (Fsp3) is 0.877. The molecular weight excluding hydrogens is 875 g/mol. The Morgan fingerprint density at radius 3 is 1.10 bits per heavy atom. The molecule has 71 heavy (non-hydrogen) atoms. The van der Waals surface area contributed by atoms with Crippen molar-refractivity contribution in [2.45, 2.75) is 353 Å². The van der Waals surface area contributed by atoms with E-state index in [9.17, 15) is 19.8 Å². The molecule has 0 saturated carbocycles. The van der Waals surface area contributed by atoms with E-state index in [1.165, 1.54) is 257 Å². The van der Waals surface area contributed by atoms with Crippen LogP contribution in [0.25, 0.3) is 0 Å². The van der Waals surface area contributed by atoms with Gasteiger partial charge in [-0.25, -0.2) is 0 Å². The van der Waals surface area contributed by atoms with Crippen molar-refractivity contribution in [2.24, 2.45) is 0 Å². The highest BCUT2D eigenvalue weighted by Gasteiger charge is 2.20. The van der Waals surface area contributed by atoms with Gasteiger partial charge in [-0.2, -0.15) is 0 Å². The van der Waals surface area contributed by atoms with Crippen molar-refractivity contribution in [1.29, 1.82) is 0 Å². The summed E-state index contributed by atoms with van der Waals surface area (Å²) in [5.74, 6) is -0.0300. The lowest BCUT2D eigenvalue weighted by Crippen LogP contribution is -2.45. The Bertz CT molecular complexity index is 1150. The number of hydrogen-bond donors (Lipinski definition) is 3. The predicted molar refractivity (Wildman–Crippen MR) is 310 cm³/mol. The molecule has 0 aromatic carbocycles. The van der Waals surface area contributed by atoms with Crippen LogP contribution >= 0.6 is 0 Å². The van der Waals surface area contributed by atoms with Crippen molar-refractivity contribution in [1.82, 2.24) is 5.32 Å². The van der Waals surface area contributed by atoms with Crippen molar-refractivity contribution in [2.75, 3.05) is 13.2 Å². The largest absolute Gasteiger partial charge is 0.466 e. The number of ether oxygens (including phenoxy) is 1. The fourth-order valence-electron chi connectivity index (χ4n) is 9.78. The van der Waals surface area contributed by atoms with Crippen LogP contribution in [0.15, 0.2) is 36.5 Å². The van der Waals surface area contributed by atoms with Gasteiger partial charge in [0.1, 0.15) is 0 Å². The van der Waals surface area contributed by atoms with Gasteiger partial charge < -0.3 is 20.3 Å². The van der Waals surface area contributed by atoms with Crippen LogP contribution in [-0.2, 0) is 14.3 Å². The summed E-state index contributed by atoms with van der Waals surface area (Å²) in [4.78, 5) is 24.5. The van der Waals surface area contributed by atoms with E-state index in [4.69, 9.17) is 4.74 Å². The second-order valence-corrected chi connectivity index (χ2v) is 21.7. The van der Waals surface area contributed by atoms with E-state index < -0.39 is 12.1 Å². The van der Waals surface area contributed by atoms with E-state index in [1.54, 1.807) is 0 Å². The second-order valence-electron chi connectivity index (χ2n) is 21.7. The van der Waals surface area contributed by atoms with Gasteiger partial charge in [-0.1, -0.05) is 281 Å². The molecular formula is C65H123NO5. The molecule has 0 heterocycles. The summed E-state index contributed by atoms with van der Waals surface area (Å²) in [5, 5.41) is 23.1. The first kappa shape index (κ1) is 69.1. The average molecular weight is 999 g/mol. The van der Waals surface area contributed by atoms with Crippen molar-refractivity contribution in [3.8, 4) is 0 Å². The Kier molecular flexibility index (Phi) is 59.0. The van der Waals surface area contributed by atoms with Crippen LogP contribution in [0.4, 0.5) is 0 Å². The monoisotopic (exact) mass is 998 g/mol. The Labute approximate surface area is 443 Å². The summed E-state index contributed by atoms with van der Waals surface area (Å²) in [5.41, 5.74) is 0. The second kappa shape index (κ2) is 60.6. The Morgan fingerprint density at radius 2 is 0.704 bits per heavy atom. The lowest BCUT2D eigenvalue weighted by molar-refractivity contribution is -0.143. The van der Waals surface area contributed by atoms with Crippen molar-refractivity contribution in [3.05, 3.63) is 36.5 Å². The number of nitrogens with one attached hydrogen (secondary N) is 1. The van der Waals surface area contributed by atoms with Crippen LogP contribution < -0.4 is 5.32 Å². The van der Waals surface area contributed by atoms with E-state index in [2.05, 4.69) is 55.6 Å². The number of rotatable bonds is 59. The molecule has 0 aromatic rings. The van der Waals surface area contributed by atoms with Gasteiger partial charge in [0.25, 0.3) is 0 Å². The highest BCUT2D eigenvalue weighted by Crippen LogP contribution is 2.17. The third-order valence-electron chi connectivity index (χ3n) is 14.7. The Balaban J connectivity index is 3.35. The molecule has 3 N–H and O–H groups in total. The summed E-state index contributed by atoms with van der Waals surface area (Å²) in [7, 11) is 0. The van der Waals surface area contributed by atoms with Gasteiger partial charge in [-0.3, -0.25) is 9.59 Å². The molecule has 6 heteroatoms. The zero-order valence-electron chi connectivity index (χ0n) is 47.7. The normalized spacial score (nSPS) is 12.8. The number of aliphatic hydroxyl groups excluding tert-OH is 2. The number of aliphatic hydroxyl groups is 2. The highest BCUT2D eigenvalue weighted by molar-refractivity contribution is 5.76. The SMILES string of the molecule is CCCCCC/C=C\C/C=C\CCCCCCCCCC(=O)OCCCCCCCCCCCCCC/C=C\CCCCCCCCCCCCCC(=O)NC(CO)C(O)CCCCCCCCCCC. The maximum Gasteiger partial charge on any atom is 0.305 e. The highest BCUT2D eigenvalue weighted by atomic mass is 16.5. The number of amides is 1. The molecule has 0 rings (SSSR count). The van der Waals surface area contributed by atoms with E-state index >= 15 is 0 Å². The Hall–Kier alpha value is -1.92. The number of esters is 1. The van der Waals surface area contributed by atoms with Gasteiger partial charge in [-0.05, 0) is 83.5 Å². The van der Waals surface area contributed by atoms with Gasteiger partial charge in [0.15, 0.2) is 0 Å². The lowest BCUT2D eigenvalue weighted by atomic mass is 10.0. The first-order valence-corrected chi connectivity index (χ1v) is 31.7. The minimum Gasteiger partial charge on any atom is -0.466 e. The first-order chi connectivity index (χ1) is 35.0. The predicted octanol–water partition coefficient (Wildman–Crippen LogP) is 20.0. The van der Waals surface area contributed by atoms with E-state index in [0.29, 0.717) is 25.9 Å². The molecule has 0 aliphatic carbocycles. The molecule has 6 nitrogen and oxygen atoms in total. The molecule has 0 saturated heterocycles. The van der Waals surface area contributed by atoms with Crippen LogP contribution in [0, 0.1) is 0 Å². The fourth-order valence-corrected chi connectivity index (χ4v) is 9.78. The van der Waals surface area contributed by atoms with Crippen molar-refractivity contribution >= 4 is 11.9 Å². The third kappa shape index (κ3) is 57.2. The third-order valence-corrected chi connectivity index (χ3v) is 14.7. The zero-order valence-corrected chi connectivity index (χ0v) is 47.7. The molecule has 0 radical (unpaired) electrons. The van der Waals surface area contributed by atoms with Crippen LogP contribution in [0.3, 0.4) is 0 Å². The molecule has 0 bridgehead atoms. The van der Waals surface area contributed by atoms with Crippen LogP contribution in [0.2, 0.25) is 0 Å². The molecule has 0 fully saturated rings. The maximum absolute atomic E-state index is 12.4. The smallest absolute Gasteiger partial charge is 0.305 e. The van der Waals surface area contributed by atoms with Crippen molar-refractivity contribution < 1.29 is 24.5 Å². The lowest BCUT2D eigenvalue weighted by Gasteiger charge is -2.22. The first-order valence-electron chi connectivity index (χ1n) is 31.7. The number of allylic oxidation sites excluding steroid dienone is 6. The van der Waals surface area contributed by atoms with Gasteiger partial charge in [0.05, 0.1) is 25.4 Å². The number of carbonyl (C=O) groups excluding carboxylic acids is 2.